The van der Waals surface area contributed by atoms with Crippen LogP contribution >= 0.6 is 12.4 Å². The highest BCUT2D eigenvalue weighted by Gasteiger charge is 2.30. The number of nitrogens with one attached hydrogen (secondary N) is 2. The Balaban J connectivity index is 0.00000353. The van der Waals surface area contributed by atoms with E-state index in [0.29, 0.717) is 12.1 Å². The summed E-state index contributed by atoms with van der Waals surface area (Å²) in [6.45, 7) is 0.477. The van der Waals surface area contributed by atoms with Crippen molar-refractivity contribution in [1.82, 2.24) is 15.3 Å². The van der Waals surface area contributed by atoms with Crippen molar-refractivity contribution in [3.8, 4) is 17.2 Å². The van der Waals surface area contributed by atoms with Gasteiger partial charge in [0.25, 0.3) is 0 Å². The molecule has 39 heavy (non-hydrogen) atoms. The molecule has 7 nitrogen and oxygen atoms in total. The van der Waals surface area contributed by atoms with Gasteiger partial charge in [-0.15, -0.1) is 12.4 Å². The second-order valence-corrected chi connectivity index (χ2v) is 9.50. The minimum atomic E-state index is -0.0897. The van der Waals surface area contributed by atoms with Crippen LogP contribution in [-0.2, 0) is 6.54 Å². The molecule has 2 N–H and O–H groups in total. The van der Waals surface area contributed by atoms with Crippen molar-refractivity contribution in [2.75, 3.05) is 10.2 Å². The third-order valence-corrected chi connectivity index (χ3v) is 6.95. The molecule has 2 aromatic carbocycles. The van der Waals surface area contributed by atoms with Gasteiger partial charge < -0.3 is 10.6 Å². The predicted molar refractivity (Wildman–Crippen MR) is 157 cm³/mol. The number of rotatable bonds is 7. The smallest absolute Gasteiger partial charge is 0.322 e. The van der Waals surface area contributed by atoms with Gasteiger partial charge in [0.15, 0.2) is 0 Å². The lowest BCUT2D eigenvalue weighted by atomic mass is 9.89. The second-order valence-electron chi connectivity index (χ2n) is 9.50. The Morgan fingerprint density at radius 2 is 1.67 bits per heavy atom. The molecule has 0 radical (unpaired) electrons. The normalized spacial score (nSPS) is 16.3. The monoisotopic (exact) mass is 538 g/mol. The van der Waals surface area contributed by atoms with Crippen LogP contribution in [0.2, 0.25) is 0 Å². The molecule has 2 amide bonds. The van der Waals surface area contributed by atoms with Crippen LogP contribution in [0.4, 0.5) is 16.3 Å². The summed E-state index contributed by atoms with van der Waals surface area (Å²) in [6.07, 6.45) is 8.77. The third-order valence-electron chi connectivity index (χ3n) is 6.95. The number of halogens is 1. The summed E-state index contributed by atoms with van der Waals surface area (Å²) in [6, 6.07) is 28.0. The predicted octanol–water partition coefficient (Wildman–Crippen LogP) is 6.58. The molecule has 2 aromatic heterocycles. The van der Waals surface area contributed by atoms with Gasteiger partial charge in [0.1, 0.15) is 11.9 Å². The van der Waals surface area contributed by atoms with Gasteiger partial charge in [-0.3, -0.25) is 9.88 Å². The number of benzene rings is 2. The van der Waals surface area contributed by atoms with E-state index in [1.54, 1.807) is 18.5 Å². The number of carbonyl (C=O) groups is 1. The molecule has 2 heterocycles. The number of aromatic nitrogens is 2. The fourth-order valence-electron chi connectivity index (χ4n) is 4.93. The van der Waals surface area contributed by atoms with Crippen molar-refractivity contribution in [1.29, 1.82) is 5.26 Å². The van der Waals surface area contributed by atoms with Crippen LogP contribution in [0.1, 0.15) is 36.8 Å². The quantitative estimate of drug-likeness (QED) is 0.277. The van der Waals surface area contributed by atoms with Gasteiger partial charge in [-0.25, -0.2) is 9.78 Å². The van der Waals surface area contributed by atoms with Gasteiger partial charge in [-0.1, -0.05) is 48.5 Å². The minimum Gasteiger partial charge on any atom is -0.367 e. The fraction of sp³-hybridized carbons (Fsp3) is 0.226. The largest absolute Gasteiger partial charge is 0.367 e. The Morgan fingerprint density at radius 3 is 2.31 bits per heavy atom. The van der Waals surface area contributed by atoms with Gasteiger partial charge in [-0.05, 0) is 72.7 Å². The van der Waals surface area contributed by atoms with E-state index in [0.717, 1.165) is 53.9 Å². The number of nitrogens with zero attached hydrogens (tertiary/aromatic N) is 4. The molecule has 0 saturated heterocycles. The molecule has 8 heteroatoms. The lowest BCUT2D eigenvalue weighted by Crippen LogP contribution is -2.48. The van der Waals surface area contributed by atoms with Gasteiger partial charge in [0, 0.05) is 42.9 Å². The first-order chi connectivity index (χ1) is 18.7. The van der Waals surface area contributed by atoms with E-state index in [-0.39, 0.29) is 30.5 Å². The van der Waals surface area contributed by atoms with Gasteiger partial charge >= 0.3 is 6.03 Å². The SMILES string of the molecule is Cl.N#Cc1ccc(NC2CCC(N(C(=O)NCc3ccccc3)c3ccc(-c4cccnc4)cc3)CC2)nc1. The lowest BCUT2D eigenvalue weighted by molar-refractivity contribution is 0.240. The average Bonchev–Trinajstić information content (AvgIpc) is 2.99. The Kier molecular flexibility index (Phi) is 9.49. The van der Waals surface area contributed by atoms with Crippen molar-refractivity contribution >= 4 is 29.9 Å². The first kappa shape index (κ1) is 27.6. The maximum atomic E-state index is 13.6. The number of carbonyl (C=O) groups excluding carboxylic acids is 1. The Labute approximate surface area is 235 Å². The van der Waals surface area contributed by atoms with Crippen molar-refractivity contribution in [3.63, 3.8) is 0 Å². The van der Waals surface area contributed by atoms with Gasteiger partial charge in [-0.2, -0.15) is 5.26 Å². The van der Waals surface area contributed by atoms with Crippen LogP contribution in [0, 0.1) is 11.3 Å². The Morgan fingerprint density at radius 1 is 0.897 bits per heavy atom. The first-order valence-electron chi connectivity index (χ1n) is 12.9. The Bertz CT molecular complexity index is 1370. The third kappa shape index (κ3) is 7.13. The molecule has 0 unspecified atom stereocenters. The molecular weight excluding hydrogens is 508 g/mol. The highest BCUT2D eigenvalue weighted by atomic mass is 35.5. The van der Waals surface area contributed by atoms with Crippen LogP contribution in [-0.4, -0.2) is 28.1 Å². The maximum Gasteiger partial charge on any atom is 0.322 e. The molecule has 0 bridgehead atoms. The van der Waals surface area contributed by atoms with E-state index in [2.05, 4.69) is 26.7 Å². The lowest BCUT2D eigenvalue weighted by Gasteiger charge is -2.37. The van der Waals surface area contributed by atoms with E-state index in [4.69, 9.17) is 5.26 Å². The van der Waals surface area contributed by atoms with Crippen LogP contribution in [0.15, 0.2) is 97.5 Å². The summed E-state index contributed by atoms with van der Waals surface area (Å²) >= 11 is 0. The zero-order valence-electron chi connectivity index (χ0n) is 21.5. The highest BCUT2D eigenvalue weighted by Crippen LogP contribution is 2.31. The first-order valence-corrected chi connectivity index (χ1v) is 12.9. The molecular formula is C31H31ClN6O. The minimum absolute atomic E-state index is 0. The van der Waals surface area contributed by atoms with Crippen LogP contribution in [0.25, 0.3) is 11.1 Å². The van der Waals surface area contributed by atoms with Crippen LogP contribution < -0.4 is 15.5 Å². The molecule has 1 aliphatic carbocycles. The number of hydrogen-bond donors (Lipinski definition) is 2. The van der Waals surface area contributed by atoms with Crippen molar-refractivity contribution in [2.24, 2.45) is 0 Å². The molecule has 1 saturated carbocycles. The molecule has 198 valence electrons. The number of pyridine rings is 2. The fourth-order valence-corrected chi connectivity index (χ4v) is 4.93. The summed E-state index contributed by atoms with van der Waals surface area (Å²) < 4.78 is 0. The molecule has 1 aliphatic rings. The van der Waals surface area contributed by atoms with E-state index < -0.39 is 0 Å². The summed E-state index contributed by atoms with van der Waals surface area (Å²) in [4.78, 5) is 24.0. The number of anilines is 2. The zero-order valence-corrected chi connectivity index (χ0v) is 22.3. The number of hydrogen-bond acceptors (Lipinski definition) is 5. The van der Waals surface area contributed by atoms with Gasteiger partial charge in [0.2, 0.25) is 0 Å². The van der Waals surface area contributed by atoms with Crippen LogP contribution in [0.3, 0.4) is 0 Å². The molecule has 4 aromatic rings. The average molecular weight is 539 g/mol. The van der Waals surface area contributed by atoms with E-state index >= 15 is 0 Å². The molecule has 0 aliphatic heterocycles. The maximum absolute atomic E-state index is 13.6. The molecule has 0 atom stereocenters. The standard InChI is InChI=1S/C31H30N6O.ClH/c32-19-24-8-17-30(34-21-24)36-27-11-15-29(16-12-27)37(31(38)35-20-23-5-2-1-3-6-23)28-13-9-25(10-14-28)26-7-4-18-33-22-26;/h1-10,13-14,17-18,21-22,27,29H,11-12,15-16,20H2,(H,34,36)(H,35,38);1H. The molecule has 0 spiro atoms. The summed E-state index contributed by atoms with van der Waals surface area (Å²) in [5.74, 6) is 0.774. The van der Waals surface area contributed by atoms with E-state index in [1.165, 1.54) is 0 Å². The van der Waals surface area contributed by atoms with E-state index in [9.17, 15) is 4.79 Å². The second kappa shape index (κ2) is 13.4. The van der Waals surface area contributed by atoms with Crippen molar-refractivity contribution in [2.45, 2.75) is 44.3 Å². The van der Waals surface area contributed by atoms with Crippen LogP contribution in [0.5, 0.6) is 0 Å². The van der Waals surface area contributed by atoms with Crippen molar-refractivity contribution < 1.29 is 4.79 Å². The van der Waals surface area contributed by atoms with Crippen molar-refractivity contribution in [3.05, 3.63) is 109 Å². The zero-order chi connectivity index (χ0) is 26.2. The summed E-state index contributed by atoms with van der Waals surface area (Å²) in [5.41, 5.74) is 4.60. The highest BCUT2D eigenvalue weighted by molar-refractivity contribution is 5.93. The number of amides is 2. The summed E-state index contributed by atoms with van der Waals surface area (Å²) in [7, 11) is 0. The molecule has 1 fully saturated rings. The topological polar surface area (TPSA) is 93.9 Å². The Hall–Kier alpha value is -4.41. The molecule has 5 rings (SSSR count). The van der Waals surface area contributed by atoms with Gasteiger partial charge in [0.05, 0.1) is 5.56 Å². The summed E-state index contributed by atoms with van der Waals surface area (Å²) in [5, 5.41) is 15.6. The number of nitriles is 1. The van der Waals surface area contributed by atoms with E-state index in [1.807, 2.05) is 83.9 Å². The number of urea groups is 1.